The molecule has 91 heavy (non-hydrogen) atoms. The average Bonchev–Trinajstić information content (AvgIpc) is 1.59. The van der Waals surface area contributed by atoms with Crippen LogP contribution in [0.4, 0.5) is 37.7 Å². The minimum atomic E-state index is -1.48. The molecule has 0 unspecified atom stereocenters. The van der Waals surface area contributed by atoms with Crippen molar-refractivity contribution in [2.75, 3.05) is 10.6 Å². The summed E-state index contributed by atoms with van der Waals surface area (Å²) in [5, 5.41) is 109. The molecule has 0 saturated heterocycles. The van der Waals surface area contributed by atoms with Gasteiger partial charge in [-0.1, -0.05) is 24.3 Å². The van der Waals surface area contributed by atoms with E-state index in [1.54, 1.807) is 9.13 Å². The number of phenols is 4. The van der Waals surface area contributed by atoms with Crippen molar-refractivity contribution in [3.63, 3.8) is 0 Å². The number of benzene rings is 6. The number of hydrogen-bond acceptors (Lipinski definition) is 14. The summed E-state index contributed by atoms with van der Waals surface area (Å²) in [6.45, 7) is 0.0383. The van der Waals surface area contributed by atoms with Gasteiger partial charge in [-0.15, -0.1) is 0 Å². The van der Waals surface area contributed by atoms with Crippen LogP contribution in [0.1, 0.15) is 108 Å². The van der Waals surface area contributed by atoms with Crippen LogP contribution in [0, 0.1) is 34.9 Å². The number of nitrogens with zero attached hydrogens (tertiary/aromatic N) is 2. The van der Waals surface area contributed by atoms with Crippen molar-refractivity contribution in [3.8, 4) is 67.8 Å². The molecule has 4 atom stereocenters. The number of aliphatic hydroxyl groups is 4. The number of anilines is 2. The summed E-state index contributed by atoms with van der Waals surface area (Å²) in [6, 6.07) is 24.2. The number of aromatic hydroxyl groups is 4. The van der Waals surface area contributed by atoms with E-state index in [0.29, 0.717) is 48.2 Å². The van der Waals surface area contributed by atoms with Gasteiger partial charge in [0.25, 0.3) is 11.8 Å². The Kier molecular flexibility index (Phi) is 22.4. The quantitative estimate of drug-likeness (QED) is 0.0117. The van der Waals surface area contributed by atoms with Crippen molar-refractivity contribution in [3.05, 3.63) is 179 Å². The summed E-state index contributed by atoms with van der Waals surface area (Å²) in [4.78, 5) is 50.0. The molecular weight excluding hydrogens is 1230 g/mol. The molecule has 8 aromatic rings. The Morgan fingerprint density at radius 2 is 0.802 bits per heavy atom. The third-order valence-electron chi connectivity index (χ3n) is 15.4. The van der Waals surface area contributed by atoms with E-state index in [1.807, 2.05) is 0 Å². The van der Waals surface area contributed by atoms with Crippen molar-refractivity contribution < 1.29 is 96.6 Å². The maximum atomic E-state index is 14.7. The van der Waals surface area contributed by atoms with E-state index in [2.05, 4.69) is 10.6 Å². The molecule has 2 fully saturated rings. The normalized spacial score (nSPS) is 14.1. The topological polar surface area (TPSA) is 310 Å². The smallest absolute Gasteiger partial charge is 0.550 e. The number of aliphatic hydroxyl groups excluding tert-OH is 4. The molecular formula is C66H60CaF6N4O14. The van der Waals surface area contributed by atoms with Gasteiger partial charge in [-0.2, -0.15) is 0 Å². The Morgan fingerprint density at radius 1 is 0.462 bits per heavy atom. The van der Waals surface area contributed by atoms with Crippen molar-refractivity contribution in [1.29, 1.82) is 0 Å². The van der Waals surface area contributed by atoms with Crippen LogP contribution in [0.2, 0.25) is 0 Å². The fraction of sp³-hybridized carbons (Fsp3) is 0.273. The minimum absolute atomic E-state index is 0. The van der Waals surface area contributed by atoms with Crippen LogP contribution >= 0.6 is 0 Å². The fourth-order valence-corrected chi connectivity index (χ4v) is 11.0. The van der Waals surface area contributed by atoms with Crippen LogP contribution in [0.15, 0.2) is 121 Å². The number of carbonyl (C=O) groups excluding carboxylic acids is 4. The van der Waals surface area contributed by atoms with Crippen molar-refractivity contribution in [1.82, 2.24) is 9.13 Å². The first-order chi connectivity index (χ1) is 42.8. The molecule has 25 heteroatoms. The minimum Gasteiger partial charge on any atom is -0.550 e. The van der Waals surface area contributed by atoms with E-state index < -0.39 is 107 Å². The average molecular weight is 1290 g/mol. The number of amides is 2. The van der Waals surface area contributed by atoms with Crippen LogP contribution in [0.25, 0.3) is 44.8 Å². The first kappa shape index (κ1) is 68.5. The Labute approximate surface area is 545 Å². The first-order valence-electron chi connectivity index (χ1n) is 28.6. The summed E-state index contributed by atoms with van der Waals surface area (Å²) in [6.07, 6.45) is -4.26. The number of carboxylic acids is 2. The number of nitrogens with one attached hydrogen (secondary N) is 2. The molecule has 2 aliphatic carbocycles. The molecule has 0 spiro atoms. The second-order valence-electron chi connectivity index (χ2n) is 22.2. The number of hydrogen-bond donors (Lipinski definition) is 10. The SMILES string of the molecule is O=C([O-])C[C@H](O)C[C@H](O)CCn1c(-c2ccc(F)c(F)c2)c(-c2ccc(F)cc2)c(C(=O)Nc2ccc(O)cc2O)c1C1CC1.O=C([O-])C[C@H](O)C[C@H](O)CCn1c(-c2ccc(F)c(F)c2)c(-c2ccc(F)cc2)c(C(=O)Nc2ccc(O)cc2O)c1C1CC1.[Ca+2]. The van der Waals surface area contributed by atoms with Crippen LogP contribution < -0.4 is 20.8 Å². The zero-order chi connectivity index (χ0) is 64.8. The second kappa shape index (κ2) is 29.7. The van der Waals surface area contributed by atoms with Crippen LogP contribution in [0.3, 0.4) is 0 Å². The molecule has 10 N–H and O–H groups in total. The van der Waals surface area contributed by atoms with E-state index in [9.17, 15) is 96.6 Å². The molecule has 0 aliphatic heterocycles. The molecule has 6 aromatic carbocycles. The van der Waals surface area contributed by atoms with Crippen molar-refractivity contribution in [2.45, 2.75) is 114 Å². The van der Waals surface area contributed by atoms with E-state index in [0.717, 1.165) is 36.4 Å². The Morgan fingerprint density at radius 3 is 1.11 bits per heavy atom. The van der Waals surface area contributed by atoms with Crippen molar-refractivity contribution in [2.24, 2.45) is 0 Å². The predicted octanol–water partition coefficient (Wildman–Crippen LogP) is 8.46. The molecule has 18 nitrogen and oxygen atoms in total. The summed E-state index contributed by atoms with van der Waals surface area (Å²) < 4.78 is 89.0. The summed E-state index contributed by atoms with van der Waals surface area (Å²) >= 11 is 0. The van der Waals surface area contributed by atoms with E-state index >= 15 is 0 Å². The summed E-state index contributed by atoms with van der Waals surface area (Å²) in [5.41, 5.74) is 3.48. The molecule has 2 aliphatic rings. The van der Waals surface area contributed by atoms with Gasteiger partial charge in [-0.05, 0) is 147 Å². The first-order valence-corrected chi connectivity index (χ1v) is 28.6. The maximum absolute atomic E-state index is 14.7. The number of carbonyl (C=O) groups is 4. The number of phenolic OH excluding ortho intramolecular Hbond substituents is 4. The van der Waals surface area contributed by atoms with E-state index in [4.69, 9.17) is 0 Å². The molecule has 10 rings (SSSR count). The number of halogens is 6. The number of aromatic nitrogens is 2. The molecule has 2 amide bonds. The van der Waals surface area contributed by atoms with E-state index in [-0.39, 0.29) is 156 Å². The molecule has 472 valence electrons. The third kappa shape index (κ3) is 16.8. The number of carboxylic acid groups (broad SMARTS) is 2. The van der Waals surface area contributed by atoms with Crippen molar-refractivity contribution >= 4 is 72.9 Å². The zero-order valence-corrected chi connectivity index (χ0v) is 50.6. The maximum Gasteiger partial charge on any atom is 2.00 e. The van der Waals surface area contributed by atoms with Crippen LogP contribution in [0.5, 0.6) is 23.0 Å². The van der Waals surface area contributed by atoms with Gasteiger partial charge in [0.1, 0.15) is 34.6 Å². The summed E-state index contributed by atoms with van der Waals surface area (Å²) in [7, 11) is 0. The Bertz CT molecular complexity index is 3730. The Balaban J connectivity index is 0.000000232. The zero-order valence-electron chi connectivity index (χ0n) is 48.4. The van der Waals surface area contributed by atoms with Gasteiger partial charge in [-0.3, -0.25) is 9.59 Å². The van der Waals surface area contributed by atoms with E-state index in [1.165, 1.54) is 84.9 Å². The van der Waals surface area contributed by atoms with Crippen LogP contribution in [-0.2, 0) is 22.7 Å². The third-order valence-corrected chi connectivity index (χ3v) is 15.4. The monoisotopic (exact) mass is 1290 g/mol. The van der Waals surface area contributed by atoms with Gasteiger partial charge >= 0.3 is 37.7 Å². The second-order valence-corrected chi connectivity index (χ2v) is 22.2. The van der Waals surface area contributed by atoms with Gasteiger partial charge in [0.05, 0.1) is 58.3 Å². The van der Waals surface area contributed by atoms with Gasteiger partial charge in [0, 0.05) is 95.5 Å². The molecule has 0 bridgehead atoms. The number of aliphatic carboxylic acids is 2. The molecule has 0 radical (unpaired) electrons. The molecule has 2 aromatic heterocycles. The molecule has 2 saturated carbocycles. The van der Waals surface area contributed by atoms with Crippen LogP contribution in [-0.4, -0.2) is 136 Å². The summed E-state index contributed by atoms with van der Waals surface area (Å²) in [5.74, 6) is -11.5. The predicted molar refractivity (Wildman–Crippen MR) is 317 cm³/mol. The van der Waals surface area contributed by atoms with Gasteiger partial charge in [0.15, 0.2) is 23.3 Å². The number of rotatable bonds is 24. The molecule has 2 heterocycles. The fourth-order valence-electron chi connectivity index (χ4n) is 11.0. The largest absolute Gasteiger partial charge is 2.00 e. The van der Waals surface area contributed by atoms with Gasteiger partial charge in [-0.25, -0.2) is 26.3 Å². The standard InChI is InChI=1S/2C33H31F3N2O7.Ca/c2*34-20-6-3-17(4-7-20)29-30(33(45)37-26-10-8-21(39)15-27(26)42)31(18-1-2-18)38(12-11-22(40)14-23(41)16-28(43)44)32(29)19-5-9-24(35)25(36)13-19;/h2*3-10,13,15,18,22-23,39-42H,1-2,11-12,14,16H2,(H,37,45)(H,43,44);/q;;+2/p-2/t2*22-,23-;/m11./s1. The Hall–Kier alpha value is -8.36. The van der Waals surface area contributed by atoms with Gasteiger partial charge < -0.3 is 80.4 Å². The van der Waals surface area contributed by atoms with Gasteiger partial charge in [0.2, 0.25) is 0 Å².